The van der Waals surface area contributed by atoms with Crippen LogP contribution in [-0.4, -0.2) is 4.98 Å². The highest BCUT2D eigenvalue weighted by Crippen LogP contribution is 2.23. The van der Waals surface area contributed by atoms with Crippen LogP contribution in [0.15, 0.2) is 6.07 Å². The van der Waals surface area contributed by atoms with Crippen molar-refractivity contribution in [1.29, 1.82) is 10.5 Å². The first-order chi connectivity index (χ1) is 7.63. The fourth-order valence-corrected chi connectivity index (χ4v) is 1.85. The highest BCUT2D eigenvalue weighted by molar-refractivity contribution is 9.08. The Morgan fingerprint density at radius 1 is 1.44 bits per heavy atom. The average Bonchev–Trinajstić information content (AvgIpc) is 2.28. The van der Waals surface area contributed by atoms with E-state index in [0.29, 0.717) is 10.9 Å². The van der Waals surface area contributed by atoms with Gasteiger partial charge in [0.25, 0.3) is 6.43 Å². The Labute approximate surface area is 99.5 Å². The number of hydrogen-bond donors (Lipinski definition) is 0. The first kappa shape index (κ1) is 12.5. The molecule has 0 aliphatic heterocycles. The quantitative estimate of drug-likeness (QED) is 0.803. The summed E-state index contributed by atoms with van der Waals surface area (Å²) >= 11 is 3.14. The molecule has 0 saturated carbocycles. The zero-order valence-electron chi connectivity index (χ0n) is 8.04. The maximum absolute atomic E-state index is 12.5. The number of hydrogen-bond acceptors (Lipinski definition) is 3. The second kappa shape index (κ2) is 5.53. The Balaban J connectivity index is 3.40. The van der Waals surface area contributed by atoms with E-state index in [1.165, 1.54) is 0 Å². The van der Waals surface area contributed by atoms with Gasteiger partial charge in [-0.05, 0) is 6.07 Å². The van der Waals surface area contributed by atoms with E-state index in [2.05, 4.69) is 20.9 Å². The van der Waals surface area contributed by atoms with Crippen LogP contribution in [0, 0.1) is 22.7 Å². The van der Waals surface area contributed by atoms with Gasteiger partial charge >= 0.3 is 0 Å². The Morgan fingerprint density at radius 2 is 2.12 bits per heavy atom. The summed E-state index contributed by atoms with van der Waals surface area (Å²) in [7, 11) is 0. The molecule has 0 fully saturated rings. The molecule has 1 aromatic rings. The van der Waals surface area contributed by atoms with Gasteiger partial charge in [-0.2, -0.15) is 10.5 Å². The number of nitrogens with zero attached hydrogens (tertiary/aromatic N) is 3. The molecule has 82 valence electrons. The standard InChI is InChI=1S/C10H6BrF2N3/c11-4-7-6(5-15)3-9(10(12)13)16-8(7)1-2-14/h3,10H,1,4H2. The number of halogens is 3. The maximum Gasteiger partial charge on any atom is 0.280 e. The molecule has 3 nitrogen and oxygen atoms in total. The number of rotatable bonds is 3. The summed E-state index contributed by atoms with van der Waals surface area (Å²) in [5.41, 5.74) is 0.390. The molecule has 0 N–H and O–H groups in total. The normalized spacial score (nSPS) is 9.88. The van der Waals surface area contributed by atoms with E-state index in [4.69, 9.17) is 10.5 Å². The molecule has 6 heteroatoms. The van der Waals surface area contributed by atoms with Gasteiger partial charge in [-0.15, -0.1) is 0 Å². The number of nitriles is 2. The van der Waals surface area contributed by atoms with Crippen LogP contribution in [0.5, 0.6) is 0 Å². The summed E-state index contributed by atoms with van der Waals surface area (Å²) in [6.07, 6.45) is -2.83. The molecule has 0 bridgehead atoms. The van der Waals surface area contributed by atoms with Gasteiger partial charge in [0.2, 0.25) is 0 Å². The first-order valence-corrected chi connectivity index (χ1v) is 5.40. The molecule has 0 saturated heterocycles. The summed E-state index contributed by atoms with van der Waals surface area (Å²) in [6.45, 7) is 0. The van der Waals surface area contributed by atoms with Gasteiger partial charge in [-0.25, -0.2) is 8.78 Å². The minimum atomic E-state index is -2.74. The van der Waals surface area contributed by atoms with E-state index >= 15 is 0 Å². The largest absolute Gasteiger partial charge is 0.280 e. The van der Waals surface area contributed by atoms with Gasteiger partial charge in [0.1, 0.15) is 5.69 Å². The van der Waals surface area contributed by atoms with Crippen molar-refractivity contribution in [2.75, 3.05) is 0 Å². The van der Waals surface area contributed by atoms with Crippen molar-refractivity contribution < 1.29 is 8.78 Å². The molecule has 1 rings (SSSR count). The van der Waals surface area contributed by atoms with E-state index in [1.54, 1.807) is 0 Å². The van der Waals surface area contributed by atoms with Crippen molar-refractivity contribution in [3.8, 4) is 12.1 Å². The highest BCUT2D eigenvalue weighted by Gasteiger charge is 2.16. The molecule has 0 radical (unpaired) electrons. The zero-order chi connectivity index (χ0) is 12.1. The lowest BCUT2D eigenvalue weighted by molar-refractivity contribution is 0.146. The van der Waals surface area contributed by atoms with Gasteiger partial charge in [-0.1, -0.05) is 15.9 Å². The van der Waals surface area contributed by atoms with E-state index in [0.717, 1.165) is 6.07 Å². The number of aromatic nitrogens is 1. The Morgan fingerprint density at radius 3 is 2.56 bits per heavy atom. The average molecular weight is 286 g/mol. The lowest BCUT2D eigenvalue weighted by Gasteiger charge is -2.08. The van der Waals surface area contributed by atoms with Crippen LogP contribution in [0.3, 0.4) is 0 Å². The van der Waals surface area contributed by atoms with Crippen molar-refractivity contribution >= 4 is 15.9 Å². The van der Waals surface area contributed by atoms with Gasteiger partial charge in [0.15, 0.2) is 0 Å². The minimum absolute atomic E-state index is 0.0871. The third-order valence-corrected chi connectivity index (χ3v) is 2.51. The maximum atomic E-state index is 12.5. The zero-order valence-corrected chi connectivity index (χ0v) is 9.63. The molecule has 1 aromatic heterocycles. The summed E-state index contributed by atoms with van der Waals surface area (Å²) in [5, 5.41) is 17.7. The molecule has 16 heavy (non-hydrogen) atoms. The lowest BCUT2D eigenvalue weighted by atomic mass is 10.1. The summed E-state index contributed by atoms with van der Waals surface area (Å²) in [5.74, 6) is 0. The predicted molar refractivity (Wildman–Crippen MR) is 55.9 cm³/mol. The van der Waals surface area contributed by atoms with Crippen LogP contribution in [0.25, 0.3) is 0 Å². The topological polar surface area (TPSA) is 60.5 Å². The lowest BCUT2D eigenvalue weighted by Crippen LogP contribution is -2.03. The van der Waals surface area contributed by atoms with Gasteiger partial charge in [0, 0.05) is 10.9 Å². The van der Waals surface area contributed by atoms with E-state index in [-0.39, 0.29) is 17.7 Å². The van der Waals surface area contributed by atoms with Crippen molar-refractivity contribution in [3.05, 3.63) is 28.6 Å². The van der Waals surface area contributed by atoms with Crippen molar-refractivity contribution in [1.82, 2.24) is 4.98 Å². The molecular formula is C10H6BrF2N3. The monoisotopic (exact) mass is 285 g/mol. The van der Waals surface area contributed by atoms with Gasteiger partial charge in [0.05, 0.1) is 29.8 Å². The first-order valence-electron chi connectivity index (χ1n) is 4.27. The van der Waals surface area contributed by atoms with Crippen LogP contribution >= 0.6 is 15.9 Å². The van der Waals surface area contributed by atoms with Crippen molar-refractivity contribution in [3.63, 3.8) is 0 Å². The molecule has 0 aliphatic rings. The summed E-state index contributed by atoms with van der Waals surface area (Å²) in [6, 6.07) is 4.72. The predicted octanol–water partition coefficient (Wildman–Crippen LogP) is 2.85. The Bertz CT molecular complexity index is 474. The Hall–Kier alpha value is -1.53. The van der Waals surface area contributed by atoms with Crippen LogP contribution in [0.4, 0.5) is 8.78 Å². The van der Waals surface area contributed by atoms with Crippen molar-refractivity contribution in [2.24, 2.45) is 0 Å². The second-order valence-electron chi connectivity index (χ2n) is 2.90. The molecule has 0 amide bonds. The van der Waals surface area contributed by atoms with Crippen LogP contribution in [0.1, 0.15) is 28.9 Å². The van der Waals surface area contributed by atoms with Crippen LogP contribution < -0.4 is 0 Å². The molecule has 0 aromatic carbocycles. The SMILES string of the molecule is N#CCc1nc(C(F)F)cc(C#N)c1CBr. The molecule has 0 aliphatic carbocycles. The Kier molecular flexibility index (Phi) is 4.33. The summed E-state index contributed by atoms with van der Waals surface area (Å²) < 4.78 is 24.9. The van der Waals surface area contributed by atoms with Crippen LogP contribution in [0.2, 0.25) is 0 Å². The fraction of sp³-hybridized carbons (Fsp3) is 0.300. The minimum Gasteiger partial charge on any atom is -0.250 e. The fourth-order valence-electron chi connectivity index (χ4n) is 1.23. The molecule has 0 unspecified atom stereocenters. The van der Waals surface area contributed by atoms with Crippen molar-refractivity contribution in [2.45, 2.75) is 18.2 Å². The van der Waals surface area contributed by atoms with E-state index < -0.39 is 12.1 Å². The third-order valence-electron chi connectivity index (χ3n) is 1.95. The third kappa shape index (κ3) is 2.53. The number of alkyl halides is 3. The van der Waals surface area contributed by atoms with E-state index in [1.807, 2.05) is 12.1 Å². The highest BCUT2D eigenvalue weighted by atomic mass is 79.9. The van der Waals surface area contributed by atoms with Gasteiger partial charge in [-0.3, -0.25) is 4.98 Å². The second-order valence-corrected chi connectivity index (χ2v) is 3.46. The molecule has 0 spiro atoms. The summed E-state index contributed by atoms with van der Waals surface area (Å²) in [4.78, 5) is 3.69. The molecule has 1 heterocycles. The number of pyridine rings is 1. The molecule has 0 atom stereocenters. The molecular weight excluding hydrogens is 280 g/mol. The smallest absolute Gasteiger partial charge is 0.250 e. The van der Waals surface area contributed by atoms with Gasteiger partial charge < -0.3 is 0 Å². The van der Waals surface area contributed by atoms with E-state index in [9.17, 15) is 8.78 Å². The van der Waals surface area contributed by atoms with Crippen LogP contribution in [-0.2, 0) is 11.8 Å².